The lowest BCUT2D eigenvalue weighted by molar-refractivity contribution is -0.133. The Bertz CT molecular complexity index is 964. The summed E-state index contributed by atoms with van der Waals surface area (Å²) < 4.78 is 1.54. The Morgan fingerprint density at radius 3 is 2.55 bits per heavy atom. The second kappa shape index (κ2) is 7.68. The van der Waals surface area contributed by atoms with Crippen molar-refractivity contribution in [3.05, 3.63) is 46.1 Å². The van der Waals surface area contributed by atoms with Gasteiger partial charge in [0.25, 0.3) is 5.91 Å². The minimum atomic E-state index is -0.833. The summed E-state index contributed by atoms with van der Waals surface area (Å²) in [6.45, 7) is -0.0994. The van der Waals surface area contributed by atoms with Gasteiger partial charge in [-0.1, -0.05) is 42.1 Å². The Morgan fingerprint density at radius 1 is 1.17 bits per heavy atom. The fraction of sp³-hybridized carbons (Fsp3) is 0.368. The molecule has 1 saturated heterocycles. The third kappa shape index (κ3) is 3.70. The van der Waals surface area contributed by atoms with Crippen LogP contribution in [-0.4, -0.2) is 44.6 Å². The Morgan fingerprint density at radius 2 is 1.86 bits per heavy atom. The molecule has 1 aliphatic carbocycles. The smallest absolute Gasteiger partial charge is 0.323 e. The number of imide groups is 1. The van der Waals surface area contributed by atoms with Crippen LogP contribution in [0.5, 0.6) is 0 Å². The van der Waals surface area contributed by atoms with Crippen LogP contribution < -0.4 is 10.6 Å². The molecule has 0 bridgehead atoms. The van der Waals surface area contributed by atoms with Crippen molar-refractivity contribution in [1.82, 2.24) is 20.0 Å². The summed E-state index contributed by atoms with van der Waals surface area (Å²) in [4.78, 5) is 38.4. The summed E-state index contributed by atoms with van der Waals surface area (Å²) in [5.74, 6) is -0.407. The predicted molar refractivity (Wildman–Crippen MR) is 108 cm³/mol. The van der Waals surface area contributed by atoms with Crippen LogP contribution in [0.15, 0.2) is 30.5 Å². The first-order valence-electron chi connectivity index (χ1n) is 9.28. The lowest BCUT2D eigenvalue weighted by Gasteiger charge is -2.19. The third-order valence-electron chi connectivity index (χ3n) is 5.36. The zero-order chi connectivity index (χ0) is 20.6. The number of anilines is 1. The van der Waals surface area contributed by atoms with Gasteiger partial charge in [-0.15, -0.1) is 0 Å². The second-order valence-electron chi connectivity index (χ2n) is 7.23. The van der Waals surface area contributed by atoms with E-state index >= 15 is 0 Å². The second-order valence-corrected chi connectivity index (χ2v) is 8.05. The summed E-state index contributed by atoms with van der Waals surface area (Å²) in [6.07, 6.45) is 4.52. The van der Waals surface area contributed by atoms with Crippen molar-refractivity contribution in [2.45, 2.75) is 37.8 Å². The van der Waals surface area contributed by atoms with E-state index in [0.29, 0.717) is 34.3 Å². The number of carbonyl (C=O) groups is 3. The molecule has 1 aliphatic heterocycles. The molecule has 0 radical (unpaired) electrons. The van der Waals surface area contributed by atoms with Gasteiger partial charge < -0.3 is 10.6 Å². The molecule has 2 fully saturated rings. The molecule has 8 nitrogen and oxygen atoms in total. The highest BCUT2D eigenvalue weighted by atomic mass is 35.5. The summed E-state index contributed by atoms with van der Waals surface area (Å²) in [7, 11) is 0. The molecule has 1 aromatic carbocycles. The third-order valence-corrected chi connectivity index (χ3v) is 6.07. The molecule has 1 spiro atoms. The van der Waals surface area contributed by atoms with Gasteiger partial charge in [0.2, 0.25) is 5.91 Å². The van der Waals surface area contributed by atoms with E-state index in [1.807, 2.05) is 0 Å². The number of nitrogens with zero attached hydrogens (tertiary/aromatic N) is 3. The van der Waals surface area contributed by atoms with Gasteiger partial charge in [0.1, 0.15) is 17.9 Å². The lowest BCUT2D eigenvalue weighted by Crippen LogP contribution is -2.44. The van der Waals surface area contributed by atoms with E-state index in [1.165, 1.54) is 10.9 Å². The molecule has 2 aliphatic rings. The maximum Gasteiger partial charge on any atom is 0.325 e. The zero-order valence-corrected chi connectivity index (χ0v) is 17.0. The van der Waals surface area contributed by atoms with Crippen LogP contribution >= 0.6 is 23.2 Å². The SMILES string of the molecule is O=C(CN1C(=O)NC2(CCCC2)C1=O)Nc1ccnn1Cc1c(Cl)cccc1Cl. The first kappa shape index (κ1) is 19.7. The molecule has 0 unspecified atom stereocenters. The van der Waals surface area contributed by atoms with Gasteiger partial charge >= 0.3 is 6.03 Å². The van der Waals surface area contributed by atoms with Crippen molar-refractivity contribution in [2.24, 2.45) is 0 Å². The van der Waals surface area contributed by atoms with E-state index in [-0.39, 0.29) is 19.0 Å². The largest absolute Gasteiger partial charge is 0.325 e. The minimum Gasteiger partial charge on any atom is -0.323 e. The van der Waals surface area contributed by atoms with E-state index in [2.05, 4.69) is 15.7 Å². The molecular formula is C19H19Cl2N5O3. The number of halogens is 2. The van der Waals surface area contributed by atoms with Crippen LogP contribution in [0, 0.1) is 0 Å². The molecule has 2 N–H and O–H groups in total. The van der Waals surface area contributed by atoms with Gasteiger partial charge in [-0.2, -0.15) is 5.10 Å². The number of benzene rings is 1. The Hall–Kier alpha value is -2.58. The van der Waals surface area contributed by atoms with Crippen molar-refractivity contribution in [3.8, 4) is 0 Å². The normalized spacial score (nSPS) is 17.8. The standard InChI is InChI=1S/C19H19Cl2N5O3/c20-13-4-3-5-14(21)12(13)10-26-15(6-9-22-26)23-16(27)11-25-17(28)19(24-18(25)29)7-1-2-8-19/h3-6,9H,1-2,7-8,10-11H2,(H,23,27)(H,24,29). The first-order chi connectivity index (χ1) is 13.9. The van der Waals surface area contributed by atoms with Crippen LogP contribution in [0.1, 0.15) is 31.2 Å². The van der Waals surface area contributed by atoms with Crippen molar-refractivity contribution in [3.63, 3.8) is 0 Å². The van der Waals surface area contributed by atoms with Crippen LogP contribution in [-0.2, 0) is 16.1 Å². The summed E-state index contributed by atoms with van der Waals surface area (Å²) >= 11 is 12.4. The van der Waals surface area contributed by atoms with Crippen molar-refractivity contribution in [1.29, 1.82) is 0 Å². The maximum atomic E-state index is 12.7. The molecule has 2 heterocycles. The van der Waals surface area contributed by atoms with Gasteiger partial charge in [0, 0.05) is 21.7 Å². The fourth-order valence-electron chi connectivity index (χ4n) is 3.86. The molecule has 2 aromatic rings. The summed E-state index contributed by atoms with van der Waals surface area (Å²) in [5.41, 5.74) is -0.160. The van der Waals surface area contributed by atoms with Crippen molar-refractivity contribution >= 4 is 46.9 Å². The first-order valence-corrected chi connectivity index (χ1v) is 10.0. The number of rotatable bonds is 5. The summed E-state index contributed by atoms with van der Waals surface area (Å²) in [6, 6.07) is 6.29. The zero-order valence-electron chi connectivity index (χ0n) is 15.5. The van der Waals surface area contributed by atoms with E-state index in [1.54, 1.807) is 24.3 Å². The maximum absolute atomic E-state index is 12.7. The molecule has 0 atom stereocenters. The summed E-state index contributed by atoms with van der Waals surface area (Å²) in [5, 5.41) is 10.6. The van der Waals surface area contributed by atoms with Gasteiger partial charge in [0.05, 0.1) is 12.7 Å². The lowest BCUT2D eigenvalue weighted by atomic mass is 9.98. The van der Waals surface area contributed by atoms with Crippen LogP contribution in [0.4, 0.5) is 10.6 Å². The van der Waals surface area contributed by atoms with Gasteiger partial charge in [0.15, 0.2) is 0 Å². The Labute approximate surface area is 177 Å². The van der Waals surface area contributed by atoms with Crippen LogP contribution in [0.3, 0.4) is 0 Å². The number of urea groups is 1. The molecule has 1 aromatic heterocycles. The highest BCUT2D eigenvalue weighted by molar-refractivity contribution is 6.36. The van der Waals surface area contributed by atoms with Crippen molar-refractivity contribution in [2.75, 3.05) is 11.9 Å². The predicted octanol–water partition coefficient (Wildman–Crippen LogP) is 3.04. The topological polar surface area (TPSA) is 96.3 Å². The van der Waals surface area contributed by atoms with E-state index < -0.39 is 17.5 Å². The number of hydrogen-bond donors (Lipinski definition) is 2. The molecule has 152 valence electrons. The number of aromatic nitrogens is 2. The quantitative estimate of drug-likeness (QED) is 0.705. The molecule has 29 heavy (non-hydrogen) atoms. The van der Waals surface area contributed by atoms with Crippen molar-refractivity contribution < 1.29 is 14.4 Å². The number of amides is 4. The number of carbonyl (C=O) groups excluding carboxylic acids is 3. The fourth-order valence-corrected chi connectivity index (χ4v) is 4.38. The average molecular weight is 436 g/mol. The molecule has 4 rings (SSSR count). The van der Waals surface area contributed by atoms with Crippen LogP contribution in [0.2, 0.25) is 10.0 Å². The van der Waals surface area contributed by atoms with Crippen LogP contribution in [0.25, 0.3) is 0 Å². The monoisotopic (exact) mass is 435 g/mol. The molecule has 1 saturated carbocycles. The van der Waals surface area contributed by atoms with E-state index in [9.17, 15) is 14.4 Å². The van der Waals surface area contributed by atoms with Gasteiger partial charge in [-0.25, -0.2) is 9.48 Å². The molecular weight excluding hydrogens is 417 g/mol. The highest BCUT2D eigenvalue weighted by Gasteiger charge is 2.52. The molecule has 10 heteroatoms. The minimum absolute atomic E-state index is 0.257. The van der Waals surface area contributed by atoms with Gasteiger partial charge in [-0.05, 0) is 25.0 Å². The van der Waals surface area contributed by atoms with Gasteiger partial charge in [-0.3, -0.25) is 14.5 Å². The average Bonchev–Trinajstić information content (AvgIpc) is 3.37. The molecule has 4 amide bonds. The van der Waals surface area contributed by atoms with E-state index in [4.69, 9.17) is 23.2 Å². The highest BCUT2D eigenvalue weighted by Crippen LogP contribution is 2.35. The Balaban J connectivity index is 1.44. The number of nitrogens with one attached hydrogen (secondary N) is 2. The van der Waals surface area contributed by atoms with E-state index in [0.717, 1.165) is 17.7 Å². The Kier molecular flexibility index (Phi) is 5.23. The number of hydrogen-bond acceptors (Lipinski definition) is 4.